The summed E-state index contributed by atoms with van der Waals surface area (Å²) in [5, 5.41) is 2.54. The van der Waals surface area contributed by atoms with Gasteiger partial charge in [0.1, 0.15) is 6.54 Å². The lowest BCUT2D eigenvalue weighted by Crippen LogP contribution is -2.69. The molecule has 21 heavy (non-hydrogen) atoms. The van der Waals surface area contributed by atoms with Gasteiger partial charge in [-0.3, -0.25) is 24.6 Å². The Morgan fingerprint density at radius 3 is 2.00 bits per heavy atom. The van der Waals surface area contributed by atoms with Gasteiger partial charge in [-0.25, -0.2) is 0 Å². The minimum atomic E-state index is -1.54. The second-order valence-electron chi connectivity index (χ2n) is 5.90. The molecule has 0 spiro atoms. The van der Waals surface area contributed by atoms with Crippen molar-refractivity contribution in [3.8, 4) is 0 Å². The van der Waals surface area contributed by atoms with Crippen LogP contribution < -0.4 is 5.32 Å². The Labute approximate surface area is 120 Å². The predicted octanol–water partition coefficient (Wildman–Crippen LogP) is -0.770. The fourth-order valence-electron chi connectivity index (χ4n) is 3.44. The van der Waals surface area contributed by atoms with E-state index in [1.807, 2.05) is 0 Å². The van der Waals surface area contributed by atoms with Crippen molar-refractivity contribution in [2.75, 3.05) is 6.54 Å². The molecule has 4 aliphatic heterocycles. The smallest absolute Gasteiger partial charge is 0.306 e. The topological polar surface area (TPSA) is 94.2 Å². The van der Waals surface area contributed by atoms with Gasteiger partial charge in [-0.05, 0) is 0 Å². The molecule has 114 valence electrons. The Morgan fingerprint density at radius 1 is 1.05 bits per heavy atom. The highest BCUT2D eigenvalue weighted by Crippen LogP contribution is 2.43. The fraction of sp³-hybridized carbons (Fsp3) is 0.769. The highest BCUT2D eigenvalue weighted by atomic mass is 16.9. The number of hydrogen-bond acceptors (Lipinski definition) is 6. The number of rotatable bonds is 3. The van der Waals surface area contributed by atoms with Crippen LogP contribution in [0.25, 0.3) is 0 Å². The summed E-state index contributed by atoms with van der Waals surface area (Å²) >= 11 is 0. The van der Waals surface area contributed by atoms with E-state index in [1.54, 1.807) is 0 Å². The molecule has 3 amide bonds. The second-order valence-corrected chi connectivity index (χ2v) is 5.90. The molecule has 4 saturated heterocycles. The third-order valence-corrected chi connectivity index (χ3v) is 4.29. The molecule has 1 aliphatic carbocycles. The van der Waals surface area contributed by atoms with Crippen LogP contribution >= 0.6 is 0 Å². The van der Waals surface area contributed by atoms with Crippen molar-refractivity contribution in [3.05, 3.63) is 0 Å². The molecule has 0 unspecified atom stereocenters. The molecule has 1 saturated carbocycles. The number of imide groups is 1. The van der Waals surface area contributed by atoms with Crippen LogP contribution in [0.15, 0.2) is 0 Å². The largest absolute Gasteiger partial charge is 0.377 e. The zero-order valence-corrected chi connectivity index (χ0v) is 11.4. The molecule has 5 fully saturated rings. The van der Waals surface area contributed by atoms with Crippen LogP contribution in [0, 0.1) is 0 Å². The minimum absolute atomic E-state index is 0.0200. The summed E-state index contributed by atoms with van der Waals surface area (Å²) in [5.74, 6) is -1.19. The predicted molar refractivity (Wildman–Crippen MR) is 65.3 cm³/mol. The molecule has 0 aromatic heterocycles. The Bertz CT molecular complexity index is 468. The molecule has 0 aromatic carbocycles. The zero-order valence-electron chi connectivity index (χ0n) is 11.4. The zero-order chi connectivity index (χ0) is 14.6. The Morgan fingerprint density at radius 2 is 1.52 bits per heavy atom. The monoisotopic (exact) mass is 296 g/mol. The number of hydrogen-bond donors (Lipinski definition) is 1. The van der Waals surface area contributed by atoms with Gasteiger partial charge in [-0.2, -0.15) is 0 Å². The van der Waals surface area contributed by atoms with Crippen LogP contribution in [0.5, 0.6) is 0 Å². The van der Waals surface area contributed by atoms with E-state index in [0.29, 0.717) is 0 Å². The van der Waals surface area contributed by atoms with Gasteiger partial charge in [-0.1, -0.05) is 0 Å². The van der Waals surface area contributed by atoms with Crippen LogP contribution in [0.2, 0.25) is 0 Å². The van der Waals surface area contributed by atoms with E-state index < -0.39 is 12.0 Å². The van der Waals surface area contributed by atoms with E-state index in [4.69, 9.17) is 14.2 Å². The van der Waals surface area contributed by atoms with Gasteiger partial charge in [0, 0.05) is 32.1 Å². The van der Waals surface area contributed by atoms with Crippen LogP contribution in [-0.4, -0.2) is 53.6 Å². The summed E-state index contributed by atoms with van der Waals surface area (Å²) in [6.45, 7) is -0.324. The molecule has 1 N–H and O–H groups in total. The quantitative estimate of drug-likeness (QED) is 0.687. The van der Waals surface area contributed by atoms with Crippen molar-refractivity contribution in [1.82, 2.24) is 10.2 Å². The van der Waals surface area contributed by atoms with Crippen molar-refractivity contribution in [1.29, 1.82) is 0 Å². The van der Waals surface area contributed by atoms with Gasteiger partial charge < -0.3 is 14.2 Å². The lowest BCUT2D eigenvalue weighted by atomic mass is 9.90. The van der Waals surface area contributed by atoms with E-state index >= 15 is 0 Å². The Hall–Kier alpha value is -1.51. The van der Waals surface area contributed by atoms with E-state index in [9.17, 15) is 14.4 Å². The Balaban J connectivity index is 1.42. The number of amides is 3. The highest BCUT2D eigenvalue weighted by molar-refractivity contribution is 6.04. The fourth-order valence-corrected chi connectivity index (χ4v) is 3.44. The van der Waals surface area contributed by atoms with Crippen molar-refractivity contribution in [2.45, 2.75) is 56.5 Å². The summed E-state index contributed by atoms with van der Waals surface area (Å²) in [4.78, 5) is 36.1. The number of nitrogens with zero attached hydrogens (tertiary/aromatic N) is 1. The first-order valence-electron chi connectivity index (χ1n) is 7.21. The lowest BCUT2D eigenvalue weighted by molar-refractivity contribution is -0.501. The number of likely N-dealkylation sites (tertiary alicyclic amines) is 1. The van der Waals surface area contributed by atoms with E-state index in [1.165, 1.54) is 0 Å². The standard InChI is InChI=1S/C13H16N2O6/c16-10(6-15-11(17)1-2-12(15)18)14-13-19-7-3-8(20-13)5-9(4-7)21-13/h7-9H,1-6H2,(H,14,16). The Kier molecular flexibility index (Phi) is 2.82. The maximum absolute atomic E-state index is 12.1. The van der Waals surface area contributed by atoms with Gasteiger partial charge in [-0.15, -0.1) is 0 Å². The van der Waals surface area contributed by atoms with E-state index in [0.717, 1.165) is 24.2 Å². The summed E-state index contributed by atoms with van der Waals surface area (Å²) in [6.07, 6.45) is 1.25. The van der Waals surface area contributed by atoms with Gasteiger partial charge in [0.05, 0.1) is 18.3 Å². The van der Waals surface area contributed by atoms with Crippen molar-refractivity contribution < 1.29 is 28.6 Å². The van der Waals surface area contributed by atoms with Crippen molar-refractivity contribution in [2.24, 2.45) is 0 Å². The summed E-state index contributed by atoms with van der Waals surface area (Å²) in [6, 6.07) is 0. The van der Waals surface area contributed by atoms with Crippen LogP contribution in [-0.2, 0) is 28.6 Å². The first-order valence-corrected chi connectivity index (χ1v) is 7.21. The third kappa shape index (κ3) is 2.23. The highest BCUT2D eigenvalue weighted by Gasteiger charge is 2.56. The van der Waals surface area contributed by atoms with Crippen molar-refractivity contribution in [3.63, 3.8) is 0 Å². The van der Waals surface area contributed by atoms with Crippen molar-refractivity contribution >= 4 is 17.7 Å². The SMILES string of the molecule is O=C(CN1C(=O)CCC1=O)NC12OC3CC(CC(C3)O1)O2. The number of ether oxygens (including phenoxy) is 3. The van der Waals surface area contributed by atoms with Gasteiger partial charge in [0.25, 0.3) is 0 Å². The molecule has 4 heterocycles. The average molecular weight is 296 g/mol. The van der Waals surface area contributed by atoms with E-state index in [2.05, 4.69) is 5.32 Å². The average Bonchev–Trinajstić information content (AvgIpc) is 2.68. The first-order chi connectivity index (χ1) is 10.0. The molecule has 5 rings (SSSR count). The molecular formula is C13H16N2O6. The van der Waals surface area contributed by atoms with Crippen LogP contribution in [0.4, 0.5) is 0 Å². The summed E-state index contributed by atoms with van der Waals surface area (Å²) < 4.78 is 16.9. The molecule has 8 heteroatoms. The molecule has 5 aliphatic rings. The molecule has 0 aromatic rings. The molecule has 0 radical (unpaired) electrons. The number of nitrogens with one attached hydrogen (secondary N) is 1. The first kappa shape index (κ1) is 13.2. The summed E-state index contributed by atoms with van der Waals surface area (Å²) in [7, 11) is 0. The normalized spacial score (nSPS) is 41.0. The van der Waals surface area contributed by atoms with E-state index in [-0.39, 0.29) is 49.5 Å². The summed E-state index contributed by atoms with van der Waals surface area (Å²) in [5.41, 5.74) is 0. The molecule has 4 bridgehead atoms. The van der Waals surface area contributed by atoms with Gasteiger partial charge >= 0.3 is 6.10 Å². The van der Waals surface area contributed by atoms with Gasteiger partial charge in [0.2, 0.25) is 17.7 Å². The minimum Gasteiger partial charge on any atom is -0.306 e. The maximum atomic E-state index is 12.1. The van der Waals surface area contributed by atoms with Crippen LogP contribution in [0.3, 0.4) is 0 Å². The number of carbonyl (C=O) groups is 3. The number of carbonyl (C=O) groups excluding carboxylic acids is 3. The maximum Gasteiger partial charge on any atom is 0.377 e. The molecule has 8 nitrogen and oxygen atoms in total. The third-order valence-electron chi connectivity index (χ3n) is 4.29. The van der Waals surface area contributed by atoms with Gasteiger partial charge in [0.15, 0.2) is 0 Å². The molecule has 0 atom stereocenters. The lowest BCUT2D eigenvalue weighted by Gasteiger charge is -2.54. The molecular weight excluding hydrogens is 280 g/mol. The van der Waals surface area contributed by atoms with Crippen LogP contribution in [0.1, 0.15) is 32.1 Å². The second kappa shape index (κ2) is 4.49.